The van der Waals surface area contributed by atoms with E-state index in [0.29, 0.717) is 12.1 Å². The van der Waals surface area contributed by atoms with Gasteiger partial charge in [-0.2, -0.15) is 0 Å². The molecule has 4 heteroatoms. The van der Waals surface area contributed by atoms with E-state index < -0.39 is 0 Å². The second-order valence-electron chi connectivity index (χ2n) is 5.95. The van der Waals surface area contributed by atoms with Gasteiger partial charge in [0.25, 0.3) is 0 Å². The van der Waals surface area contributed by atoms with Crippen LogP contribution < -0.4 is 5.73 Å². The number of thiocarbonyl (C=S) groups is 1. The average Bonchev–Trinajstić information content (AvgIpc) is 2.12. The second-order valence-corrected chi connectivity index (χ2v) is 6.39. The Bertz CT molecular complexity index is 438. The lowest BCUT2D eigenvalue weighted by Gasteiger charge is -2.26. The standard InChI is InChI=1S/C14H21FN2S/c1-14(2,3)9-17(4)8-10-5-11(13(16)18)7-12(15)6-10/h5-7H,8-9H2,1-4H3,(H2,16,18). The van der Waals surface area contributed by atoms with Gasteiger partial charge in [0.15, 0.2) is 0 Å². The molecule has 0 aliphatic heterocycles. The van der Waals surface area contributed by atoms with E-state index >= 15 is 0 Å². The zero-order chi connectivity index (χ0) is 13.9. The number of nitrogens with zero attached hydrogens (tertiary/aromatic N) is 1. The Labute approximate surface area is 114 Å². The maximum atomic E-state index is 13.4. The van der Waals surface area contributed by atoms with Crippen LogP contribution in [0.2, 0.25) is 0 Å². The van der Waals surface area contributed by atoms with Crippen LogP contribution in [-0.4, -0.2) is 23.5 Å². The van der Waals surface area contributed by atoms with Gasteiger partial charge in [-0.3, -0.25) is 0 Å². The molecule has 0 fully saturated rings. The molecule has 0 spiro atoms. The lowest BCUT2D eigenvalue weighted by molar-refractivity contribution is 0.220. The van der Waals surface area contributed by atoms with Crippen molar-refractivity contribution in [3.05, 3.63) is 35.1 Å². The molecular formula is C14H21FN2S. The number of hydrogen-bond acceptors (Lipinski definition) is 2. The van der Waals surface area contributed by atoms with Crippen molar-refractivity contribution in [2.24, 2.45) is 11.1 Å². The number of rotatable bonds is 4. The van der Waals surface area contributed by atoms with E-state index in [4.69, 9.17) is 18.0 Å². The molecule has 0 aliphatic rings. The van der Waals surface area contributed by atoms with Crippen LogP contribution in [0.4, 0.5) is 4.39 Å². The van der Waals surface area contributed by atoms with Gasteiger partial charge in [0.1, 0.15) is 10.8 Å². The number of benzene rings is 1. The van der Waals surface area contributed by atoms with Gasteiger partial charge < -0.3 is 10.6 Å². The summed E-state index contributed by atoms with van der Waals surface area (Å²) in [7, 11) is 2.02. The summed E-state index contributed by atoms with van der Waals surface area (Å²) in [6, 6.07) is 4.75. The molecule has 0 aromatic heterocycles. The normalized spacial score (nSPS) is 11.9. The van der Waals surface area contributed by atoms with Crippen molar-refractivity contribution >= 4 is 17.2 Å². The smallest absolute Gasteiger partial charge is 0.124 e. The molecule has 0 unspecified atom stereocenters. The molecule has 1 aromatic carbocycles. The summed E-state index contributed by atoms with van der Waals surface area (Å²) in [6.45, 7) is 8.15. The highest BCUT2D eigenvalue weighted by atomic mass is 32.1. The fourth-order valence-corrected chi connectivity index (χ4v) is 2.18. The topological polar surface area (TPSA) is 29.3 Å². The Hall–Kier alpha value is -1.00. The quantitative estimate of drug-likeness (QED) is 0.851. The van der Waals surface area contributed by atoms with E-state index in [1.54, 1.807) is 0 Å². The number of hydrogen-bond donors (Lipinski definition) is 1. The Morgan fingerprint density at radius 2 is 1.94 bits per heavy atom. The summed E-state index contributed by atoms with van der Waals surface area (Å²) in [5, 5.41) is 0. The van der Waals surface area contributed by atoms with Crippen molar-refractivity contribution in [3.63, 3.8) is 0 Å². The summed E-state index contributed by atoms with van der Waals surface area (Å²) in [6.07, 6.45) is 0. The van der Waals surface area contributed by atoms with Crippen LogP contribution in [0, 0.1) is 11.2 Å². The first-order valence-corrected chi connectivity index (χ1v) is 6.36. The third-order valence-corrected chi connectivity index (χ3v) is 2.67. The molecule has 0 bridgehead atoms. The van der Waals surface area contributed by atoms with Crippen molar-refractivity contribution in [2.75, 3.05) is 13.6 Å². The van der Waals surface area contributed by atoms with Crippen molar-refractivity contribution in [1.29, 1.82) is 0 Å². The second kappa shape index (κ2) is 5.76. The molecule has 1 rings (SSSR count). The molecule has 18 heavy (non-hydrogen) atoms. The number of nitrogens with two attached hydrogens (primary N) is 1. The summed E-state index contributed by atoms with van der Waals surface area (Å²) in [5.74, 6) is -0.292. The third kappa shape index (κ3) is 5.10. The highest BCUT2D eigenvalue weighted by Crippen LogP contribution is 2.17. The van der Waals surface area contributed by atoms with E-state index in [1.807, 2.05) is 13.1 Å². The molecule has 2 N–H and O–H groups in total. The molecule has 1 aromatic rings. The van der Waals surface area contributed by atoms with Crippen molar-refractivity contribution in [1.82, 2.24) is 4.90 Å². The zero-order valence-corrected chi connectivity index (χ0v) is 12.3. The van der Waals surface area contributed by atoms with E-state index in [0.717, 1.165) is 12.1 Å². The third-order valence-electron chi connectivity index (χ3n) is 2.44. The predicted molar refractivity (Wildman–Crippen MR) is 78.1 cm³/mol. The maximum absolute atomic E-state index is 13.4. The van der Waals surface area contributed by atoms with Crippen LogP contribution in [0.5, 0.6) is 0 Å². The van der Waals surface area contributed by atoms with Crippen LogP contribution in [0.15, 0.2) is 18.2 Å². The first kappa shape index (κ1) is 15.1. The first-order chi connectivity index (χ1) is 8.17. The average molecular weight is 268 g/mol. The summed E-state index contributed by atoms with van der Waals surface area (Å²) >= 11 is 4.88. The summed E-state index contributed by atoms with van der Waals surface area (Å²) in [4.78, 5) is 2.40. The van der Waals surface area contributed by atoms with Gasteiger partial charge in [-0.05, 0) is 36.2 Å². The Kier molecular flexibility index (Phi) is 4.82. The Morgan fingerprint density at radius 1 is 1.33 bits per heavy atom. The van der Waals surface area contributed by atoms with Crippen LogP contribution in [0.1, 0.15) is 31.9 Å². The molecule has 100 valence electrons. The van der Waals surface area contributed by atoms with E-state index in [9.17, 15) is 4.39 Å². The van der Waals surface area contributed by atoms with Crippen molar-refractivity contribution in [2.45, 2.75) is 27.3 Å². The van der Waals surface area contributed by atoms with Crippen LogP contribution in [0.25, 0.3) is 0 Å². The number of halogens is 1. The van der Waals surface area contributed by atoms with Gasteiger partial charge in [-0.1, -0.05) is 33.0 Å². The minimum atomic E-state index is -0.292. The van der Waals surface area contributed by atoms with Crippen LogP contribution in [0.3, 0.4) is 0 Å². The molecule has 0 saturated carbocycles. The molecule has 0 atom stereocenters. The fraction of sp³-hybridized carbons (Fsp3) is 0.500. The Morgan fingerprint density at radius 3 is 2.44 bits per heavy atom. The van der Waals surface area contributed by atoms with E-state index in [1.165, 1.54) is 12.1 Å². The van der Waals surface area contributed by atoms with Crippen LogP contribution >= 0.6 is 12.2 Å². The minimum Gasteiger partial charge on any atom is -0.389 e. The van der Waals surface area contributed by atoms with Gasteiger partial charge in [-0.25, -0.2) is 4.39 Å². The highest BCUT2D eigenvalue weighted by Gasteiger charge is 2.14. The lowest BCUT2D eigenvalue weighted by Crippen LogP contribution is -2.29. The zero-order valence-electron chi connectivity index (χ0n) is 11.5. The molecule has 0 radical (unpaired) electrons. The Balaban J connectivity index is 2.81. The van der Waals surface area contributed by atoms with Gasteiger partial charge in [0.05, 0.1) is 0 Å². The summed E-state index contributed by atoms with van der Waals surface area (Å²) in [5.41, 5.74) is 7.23. The molecule has 0 saturated heterocycles. The van der Waals surface area contributed by atoms with E-state index in [2.05, 4.69) is 25.7 Å². The SMILES string of the molecule is CN(Cc1cc(F)cc(C(N)=S)c1)CC(C)(C)C. The van der Waals surface area contributed by atoms with Crippen molar-refractivity contribution in [3.8, 4) is 0 Å². The first-order valence-electron chi connectivity index (χ1n) is 5.95. The van der Waals surface area contributed by atoms with E-state index in [-0.39, 0.29) is 16.2 Å². The van der Waals surface area contributed by atoms with Gasteiger partial charge >= 0.3 is 0 Å². The molecule has 2 nitrogen and oxygen atoms in total. The minimum absolute atomic E-state index is 0.216. The predicted octanol–water partition coefficient (Wildman–Crippen LogP) is 2.94. The fourth-order valence-electron chi connectivity index (χ4n) is 2.06. The van der Waals surface area contributed by atoms with Gasteiger partial charge in [0.2, 0.25) is 0 Å². The molecule has 0 heterocycles. The molecular weight excluding hydrogens is 247 g/mol. The van der Waals surface area contributed by atoms with Gasteiger partial charge in [0, 0.05) is 18.7 Å². The highest BCUT2D eigenvalue weighted by molar-refractivity contribution is 7.80. The van der Waals surface area contributed by atoms with Crippen molar-refractivity contribution < 1.29 is 4.39 Å². The van der Waals surface area contributed by atoms with Gasteiger partial charge in [-0.15, -0.1) is 0 Å². The molecule has 0 aliphatic carbocycles. The maximum Gasteiger partial charge on any atom is 0.124 e. The molecule has 0 amide bonds. The lowest BCUT2D eigenvalue weighted by atomic mass is 9.96. The van der Waals surface area contributed by atoms with Crippen LogP contribution in [-0.2, 0) is 6.54 Å². The summed E-state index contributed by atoms with van der Waals surface area (Å²) < 4.78 is 13.4. The largest absolute Gasteiger partial charge is 0.389 e. The monoisotopic (exact) mass is 268 g/mol.